The highest BCUT2D eigenvalue weighted by Crippen LogP contribution is 2.32. The number of aryl methyl sites for hydroxylation is 1. The van der Waals surface area contributed by atoms with Gasteiger partial charge in [-0.15, -0.1) is 0 Å². The fraction of sp³-hybridized carbons (Fsp3) is 0.625. The van der Waals surface area contributed by atoms with E-state index in [1.807, 2.05) is 6.07 Å². The van der Waals surface area contributed by atoms with Crippen molar-refractivity contribution in [3.05, 3.63) is 29.3 Å². The molecule has 0 radical (unpaired) electrons. The second-order valence-corrected chi connectivity index (χ2v) is 5.86. The SMILES string of the molecule is CCN(CCNC1CCc2cc(N)ccc21)C1CC1. The van der Waals surface area contributed by atoms with Gasteiger partial charge in [0.1, 0.15) is 0 Å². The number of fused-ring (bicyclic) bond motifs is 1. The topological polar surface area (TPSA) is 41.3 Å². The van der Waals surface area contributed by atoms with Crippen LogP contribution in [0.2, 0.25) is 0 Å². The Hall–Kier alpha value is -1.06. The Morgan fingerprint density at radius 2 is 2.16 bits per heavy atom. The zero-order chi connectivity index (χ0) is 13.2. The normalized spacial score (nSPS) is 21.9. The number of nitrogens with zero attached hydrogens (tertiary/aromatic N) is 1. The number of likely N-dealkylation sites (N-methyl/N-ethyl adjacent to an activating group) is 1. The zero-order valence-corrected chi connectivity index (χ0v) is 11.9. The molecule has 0 heterocycles. The summed E-state index contributed by atoms with van der Waals surface area (Å²) in [5.74, 6) is 0. The smallest absolute Gasteiger partial charge is 0.0326 e. The molecule has 104 valence electrons. The molecule has 3 nitrogen and oxygen atoms in total. The first-order valence-corrected chi connectivity index (χ1v) is 7.63. The molecule has 1 atom stereocenters. The van der Waals surface area contributed by atoms with Gasteiger partial charge >= 0.3 is 0 Å². The quantitative estimate of drug-likeness (QED) is 0.770. The minimum Gasteiger partial charge on any atom is -0.399 e. The molecule has 2 aliphatic carbocycles. The molecule has 1 unspecified atom stereocenters. The molecule has 19 heavy (non-hydrogen) atoms. The fourth-order valence-electron chi connectivity index (χ4n) is 3.27. The van der Waals surface area contributed by atoms with E-state index in [4.69, 9.17) is 5.73 Å². The van der Waals surface area contributed by atoms with Gasteiger partial charge in [-0.1, -0.05) is 13.0 Å². The monoisotopic (exact) mass is 259 g/mol. The summed E-state index contributed by atoms with van der Waals surface area (Å²) in [6, 6.07) is 7.78. The Kier molecular flexibility index (Phi) is 3.76. The van der Waals surface area contributed by atoms with Gasteiger partial charge in [-0.3, -0.25) is 4.90 Å². The lowest BCUT2D eigenvalue weighted by Crippen LogP contribution is -2.34. The maximum atomic E-state index is 5.85. The molecule has 0 aromatic heterocycles. The summed E-state index contributed by atoms with van der Waals surface area (Å²) in [6.45, 7) is 5.73. The van der Waals surface area contributed by atoms with Crippen molar-refractivity contribution in [3.63, 3.8) is 0 Å². The predicted octanol–water partition coefficient (Wildman–Crippen LogP) is 2.33. The largest absolute Gasteiger partial charge is 0.399 e. The maximum absolute atomic E-state index is 5.85. The van der Waals surface area contributed by atoms with Crippen molar-refractivity contribution in [2.45, 2.75) is 44.7 Å². The van der Waals surface area contributed by atoms with Gasteiger partial charge in [0.2, 0.25) is 0 Å². The van der Waals surface area contributed by atoms with Crippen LogP contribution in [-0.2, 0) is 6.42 Å². The first-order chi connectivity index (χ1) is 9.28. The van der Waals surface area contributed by atoms with Crippen LogP contribution >= 0.6 is 0 Å². The Labute approximate surface area is 116 Å². The number of nitrogens with two attached hydrogens (primary N) is 1. The van der Waals surface area contributed by atoms with Crippen molar-refractivity contribution >= 4 is 5.69 Å². The van der Waals surface area contributed by atoms with Gasteiger partial charge in [0.25, 0.3) is 0 Å². The van der Waals surface area contributed by atoms with E-state index in [2.05, 4.69) is 29.3 Å². The minimum atomic E-state index is 0.536. The Bertz CT molecular complexity index is 440. The van der Waals surface area contributed by atoms with Crippen LogP contribution in [0, 0.1) is 0 Å². The summed E-state index contributed by atoms with van der Waals surface area (Å²) in [5, 5.41) is 3.72. The van der Waals surface area contributed by atoms with E-state index in [1.165, 1.54) is 43.5 Å². The Balaban J connectivity index is 1.52. The Morgan fingerprint density at radius 3 is 2.89 bits per heavy atom. The number of anilines is 1. The molecule has 1 aromatic carbocycles. The molecule has 3 N–H and O–H groups in total. The second kappa shape index (κ2) is 5.51. The van der Waals surface area contributed by atoms with Gasteiger partial charge in [0.05, 0.1) is 0 Å². The molecule has 0 amide bonds. The van der Waals surface area contributed by atoms with Gasteiger partial charge in [-0.2, -0.15) is 0 Å². The lowest BCUT2D eigenvalue weighted by molar-refractivity contribution is 0.272. The molecule has 0 bridgehead atoms. The number of nitrogens with one attached hydrogen (secondary N) is 1. The van der Waals surface area contributed by atoms with E-state index in [0.717, 1.165) is 24.7 Å². The number of hydrogen-bond acceptors (Lipinski definition) is 3. The standard InChI is InChI=1S/C16H25N3/c1-2-19(14-5-6-14)10-9-18-16-8-3-12-11-13(17)4-7-15(12)16/h4,7,11,14,16,18H,2-3,5-6,8-10,17H2,1H3. The average molecular weight is 259 g/mol. The highest BCUT2D eigenvalue weighted by molar-refractivity contribution is 5.47. The third-order valence-corrected chi connectivity index (χ3v) is 4.50. The summed E-state index contributed by atoms with van der Waals surface area (Å²) < 4.78 is 0. The minimum absolute atomic E-state index is 0.536. The summed E-state index contributed by atoms with van der Waals surface area (Å²) in [7, 11) is 0. The van der Waals surface area contributed by atoms with Crippen LogP contribution in [0.1, 0.15) is 43.4 Å². The van der Waals surface area contributed by atoms with E-state index in [9.17, 15) is 0 Å². The molecule has 0 spiro atoms. The summed E-state index contributed by atoms with van der Waals surface area (Å²) in [6.07, 6.45) is 5.19. The first kappa shape index (κ1) is 12.9. The summed E-state index contributed by atoms with van der Waals surface area (Å²) >= 11 is 0. The van der Waals surface area contributed by atoms with Gasteiger partial charge in [0.15, 0.2) is 0 Å². The highest BCUT2D eigenvalue weighted by Gasteiger charge is 2.28. The molecule has 2 aliphatic rings. The molecule has 0 aliphatic heterocycles. The van der Waals surface area contributed by atoms with E-state index in [1.54, 1.807) is 0 Å². The van der Waals surface area contributed by atoms with Crippen LogP contribution in [-0.4, -0.2) is 30.6 Å². The lowest BCUT2D eigenvalue weighted by Gasteiger charge is -2.22. The van der Waals surface area contributed by atoms with Crippen molar-refractivity contribution < 1.29 is 0 Å². The van der Waals surface area contributed by atoms with Crippen LogP contribution in [0.15, 0.2) is 18.2 Å². The van der Waals surface area contributed by atoms with Gasteiger partial charge < -0.3 is 11.1 Å². The molecule has 1 fully saturated rings. The molecular weight excluding hydrogens is 234 g/mol. The van der Waals surface area contributed by atoms with Crippen molar-refractivity contribution in [3.8, 4) is 0 Å². The van der Waals surface area contributed by atoms with Crippen LogP contribution in [0.3, 0.4) is 0 Å². The van der Waals surface area contributed by atoms with Crippen LogP contribution < -0.4 is 11.1 Å². The maximum Gasteiger partial charge on any atom is 0.0326 e. The fourth-order valence-corrected chi connectivity index (χ4v) is 3.27. The highest BCUT2D eigenvalue weighted by atomic mass is 15.2. The van der Waals surface area contributed by atoms with Crippen LogP contribution in [0.25, 0.3) is 0 Å². The second-order valence-electron chi connectivity index (χ2n) is 5.86. The van der Waals surface area contributed by atoms with Gasteiger partial charge in [-0.05, 0) is 55.5 Å². The zero-order valence-electron chi connectivity index (χ0n) is 11.9. The van der Waals surface area contributed by atoms with E-state index < -0.39 is 0 Å². The molecular formula is C16H25N3. The predicted molar refractivity (Wildman–Crippen MR) is 80.2 cm³/mol. The Morgan fingerprint density at radius 1 is 1.32 bits per heavy atom. The van der Waals surface area contributed by atoms with Crippen LogP contribution in [0.4, 0.5) is 5.69 Å². The van der Waals surface area contributed by atoms with Gasteiger partial charge in [-0.25, -0.2) is 0 Å². The van der Waals surface area contributed by atoms with E-state index in [-0.39, 0.29) is 0 Å². The molecule has 3 rings (SSSR count). The summed E-state index contributed by atoms with van der Waals surface area (Å²) in [4.78, 5) is 2.60. The van der Waals surface area contributed by atoms with Crippen molar-refractivity contribution in [1.29, 1.82) is 0 Å². The van der Waals surface area contributed by atoms with Gasteiger partial charge in [0, 0.05) is 30.9 Å². The third kappa shape index (κ3) is 2.93. The van der Waals surface area contributed by atoms with Crippen LogP contribution in [0.5, 0.6) is 0 Å². The number of benzene rings is 1. The number of nitrogen functional groups attached to an aromatic ring is 1. The molecule has 3 heteroatoms. The summed E-state index contributed by atoms with van der Waals surface area (Å²) in [5.41, 5.74) is 9.64. The first-order valence-electron chi connectivity index (χ1n) is 7.63. The van der Waals surface area contributed by atoms with Crippen molar-refractivity contribution in [2.75, 3.05) is 25.4 Å². The van der Waals surface area contributed by atoms with Crippen molar-refractivity contribution in [2.24, 2.45) is 0 Å². The molecule has 1 aromatic rings. The number of rotatable bonds is 6. The molecule has 0 saturated heterocycles. The lowest BCUT2D eigenvalue weighted by atomic mass is 10.1. The average Bonchev–Trinajstić information content (AvgIpc) is 3.17. The van der Waals surface area contributed by atoms with E-state index >= 15 is 0 Å². The third-order valence-electron chi connectivity index (χ3n) is 4.50. The van der Waals surface area contributed by atoms with E-state index in [0.29, 0.717) is 6.04 Å². The number of hydrogen-bond donors (Lipinski definition) is 2. The van der Waals surface area contributed by atoms with Crippen molar-refractivity contribution in [1.82, 2.24) is 10.2 Å². The molecule has 1 saturated carbocycles.